The molecule has 2 amide bonds. The lowest BCUT2D eigenvalue weighted by Crippen LogP contribution is -2.50. The second kappa shape index (κ2) is 8.52. The maximum absolute atomic E-state index is 13.4. The molecule has 3 heterocycles. The number of rotatable bonds is 4. The second-order valence-corrected chi connectivity index (χ2v) is 9.71. The molecule has 32 heavy (non-hydrogen) atoms. The van der Waals surface area contributed by atoms with Crippen LogP contribution in [0.1, 0.15) is 68.3 Å². The molecule has 2 fully saturated rings. The summed E-state index contributed by atoms with van der Waals surface area (Å²) in [6.07, 6.45) is 8.32. The van der Waals surface area contributed by atoms with Crippen molar-refractivity contribution in [2.75, 3.05) is 13.1 Å². The van der Waals surface area contributed by atoms with Crippen LogP contribution in [0.25, 0.3) is 5.95 Å². The minimum absolute atomic E-state index is 0.0340. The van der Waals surface area contributed by atoms with Gasteiger partial charge in [0.25, 0.3) is 5.91 Å². The summed E-state index contributed by atoms with van der Waals surface area (Å²) in [6, 6.07) is 0.366. The lowest BCUT2D eigenvalue weighted by Gasteiger charge is -2.39. The zero-order valence-corrected chi connectivity index (χ0v) is 19.5. The second-order valence-electron chi connectivity index (χ2n) is 9.71. The molecule has 4 rings (SSSR count). The van der Waals surface area contributed by atoms with Gasteiger partial charge in [0.2, 0.25) is 5.95 Å². The number of carbonyl (C=O) groups excluding carboxylic acids is 2. The Morgan fingerprint density at radius 2 is 1.62 bits per heavy atom. The van der Waals surface area contributed by atoms with Crippen LogP contribution in [0.2, 0.25) is 0 Å². The van der Waals surface area contributed by atoms with Crippen molar-refractivity contribution in [3.05, 3.63) is 35.7 Å². The van der Waals surface area contributed by atoms with Gasteiger partial charge in [-0.3, -0.25) is 9.36 Å². The zero-order chi connectivity index (χ0) is 23.0. The lowest BCUT2D eigenvalue weighted by molar-refractivity contribution is 0.0142. The van der Waals surface area contributed by atoms with E-state index in [2.05, 4.69) is 15.0 Å². The fourth-order valence-electron chi connectivity index (χ4n) is 4.16. The molecule has 0 atom stereocenters. The average molecular weight is 441 g/mol. The topological polar surface area (TPSA) is 93.5 Å². The first-order valence-corrected chi connectivity index (χ1v) is 11.3. The number of hydrogen-bond acceptors (Lipinski definition) is 6. The van der Waals surface area contributed by atoms with Crippen molar-refractivity contribution in [1.82, 2.24) is 29.3 Å². The normalized spacial score (nSPS) is 17.3. The molecule has 2 aliphatic rings. The number of aromatic nitrogens is 4. The van der Waals surface area contributed by atoms with Crippen molar-refractivity contribution < 1.29 is 14.3 Å². The molecule has 0 N–H and O–H groups in total. The predicted molar refractivity (Wildman–Crippen MR) is 119 cm³/mol. The predicted octanol–water partition coefficient (Wildman–Crippen LogP) is 3.28. The van der Waals surface area contributed by atoms with Crippen molar-refractivity contribution in [3.63, 3.8) is 0 Å². The molecular formula is C23H32N6O3. The molecule has 0 unspecified atom stereocenters. The van der Waals surface area contributed by atoms with Gasteiger partial charge in [-0.2, -0.15) is 0 Å². The maximum atomic E-state index is 13.4. The summed E-state index contributed by atoms with van der Waals surface area (Å²) in [5.74, 6) is 1.27. The van der Waals surface area contributed by atoms with E-state index in [1.54, 1.807) is 17.3 Å². The Hall–Kier alpha value is -2.97. The maximum Gasteiger partial charge on any atom is 0.410 e. The number of likely N-dealkylation sites (tertiary alicyclic amines) is 1. The molecule has 9 nitrogen and oxygen atoms in total. The number of imidazole rings is 1. The van der Waals surface area contributed by atoms with Crippen LogP contribution in [0.3, 0.4) is 0 Å². The number of piperidine rings is 1. The first-order valence-electron chi connectivity index (χ1n) is 11.3. The Morgan fingerprint density at radius 1 is 1.03 bits per heavy atom. The van der Waals surface area contributed by atoms with Gasteiger partial charge in [0.1, 0.15) is 11.4 Å². The molecule has 2 aromatic heterocycles. The van der Waals surface area contributed by atoms with Crippen LogP contribution in [-0.4, -0.2) is 72.1 Å². The highest BCUT2D eigenvalue weighted by molar-refractivity contribution is 5.94. The van der Waals surface area contributed by atoms with Gasteiger partial charge in [-0.25, -0.2) is 19.7 Å². The fourth-order valence-corrected chi connectivity index (χ4v) is 4.16. The average Bonchev–Trinajstić information content (AvgIpc) is 3.50. The molecule has 1 aliphatic heterocycles. The smallest absolute Gasteiger partial charge is 0.410 e. The van der Waals surface area contributed by atoms with Crippen molar-refractivity contribution >= 4 is 12.0 Å². The standard InChI is InChI=1S/C23H32N6O3/c1-15-14-28(16(2)26-15)21-24-12-17(13-25-21)20(30)29(18-6-7-18)19-8-10-27(11-9-19)22(31)32-23(3,4)5/h12-14,18-19H,6-11H2,1-5H3. The molecule has 0 radical (unpaired) electrons. The molecule has 0 spiro atoms. The Morgan fingerprint density at radius 3 is 2.12 bits per heavy atom. The van der Waals surface area contributed by atoms with Gasteiger partial charge in [0.15, 0.2) is 0 Å². The van der Waals surface area contributed by atoms with E-state index < -0.39 is 5.60 Å². The summed E-state index contributed by atoms with van der Waals surface area (Å²) in [5.41, 5.74) is 0.873. The van der Waals surface area contributed by atoms with Crippen molar-refractivity contribution in [3.8, 4) is 5.95 Å². The highest BCUT2D eigenvalue weighted by Crippen LogP contribution is 2.33. The number of nitrogens with zero attached hydrogens (tertiary/aromatic N) is 6. The van der Waals surface area contributed by atoms with Gasteiger partial charge in [0, 0.05) is 43.8 Å². The van der Waals surface area contributed by atoms with Crippen LogP contribution < -0.4 is 0 Å². The number of carbonyl (C=O) groups is 2. The third-order valence-electron chi connectivity index (χ3n) is 5.79. The van der Waals surface area contributed by atoms with Gasteiger partial charge >= 0.3 is 6.09 Å². The van der Waals surface area contributed by atoms with Crippen LogP contribution in [0.15, 0.2) is 18.6 Å². The molecule has 1 saturated carbocycles. The fraction of sp³-hybridized carbons (Fsp3) is 0.609. The van der Waals surface area contributed by atoms with E-state index in [4.69, 9.17) is 4.74 Å². The largest absolute Gasteiger partial charge is 0.444 e. The van der Waals surface area contributed by atoms with Crippen LogP contribution in [0.4, 0.5) is 4.79 Å². The first kappa shape index (κ1) is 22.2. The molecule has 1 saturated heterocycles. The van der Waals surface area contributed by atoms with E-state index in [9.17, 15) is 9.59 Å². The van der Waals surface area contributed by atoms with Gasteiger partial charge in [-0.1, -0.05) is 0 Å². The minimum atomic E-state index is -0.510. The van der Waals surface area contributed by atoms with E-state index in [1.165, 1.54) is 0 Å². The number of amides is 2. The molecule has 172 valence electrons. The van der Waals surface area contributed by atoms with Gasteiger partial charge in [0.05, 0.1) is 11.3 Å². The van der Waals surface area contributed by atoms with Gasteiger partial charge in [-0.05, 0) is 60.3 Å². The Bertz CT molecular complexity index is 982. The van der Waals surface area contributed by atoms with E-state index >= 15 is 0 Å². The zero-order valence-electron chi connectivity index (χ0n) is 19.5. The van der Waals surface area contributed by atoms with Gasteiger partial charge in [-0.15, -0.1) is 0 Å². The number of hydrogen-bond donors (Lipinski definition) is 0. The van der Waals surface area contributed by atoms with Crippen LogP contribution >= 0.6 is 0 Å². The van der Waals surface area contributed by atoms with Crippen LogP contribution in [0, 0.1) is 13.8 Å². The van der Waals surface area contributed by atoms with Crippen molar-refractivity contribution in [1.29, 1.82) is 0 Å². The monoisotopic (exact) mass is 440 g/mol. The molecule has 2 aromatic rings. The summed E-state index contributed by atoms with van der Waals surface area (Å²) in [7, 11) is 0. The summed E-state index contributed by atoms with van der Waals surface area (Å²) in [4.78, 5) is 42.7. The molecule has 1 aliphatic carbocycles. The van der Waals surface area contributed by atoms with E-state index in [0.717, 1.165) is 37.2 Å². The Kier molecular flexibility index (Phi) is 5.92. The summed E-state index contributed by atoms with van der Waals surface area (Å²) >= 11 is 0. The van der Waals surface area contributed by atoms with Crippen molar-refractivity contribution in [2.24, 2.45) is 0 Å². The first-order chi connectivity index (χ1) is 15.1. The quantitative estimate of drug-likeness (QED) is 0.724. The molecule has 0 aromatic carbocycles. The van der Waals surface area contributed by atoms with Crippen LogP contribution in [0.5, 0.6) is 0 Å². The summed E-state index contributed by atoms with van der Waals surface area (Å²) < 4.78 is 7.30. The number of ether oxygens (including phenoxy) is 1. The third-order valence-corrected chi connectivity index (χ3v) is 5.79. The van der Waals surface area contributed by atoms with E-state index in [-0.39, 0.29) is 24.1 Å². The Labute approximate surface area is 188 Å². The molecular weight excluding hydrogens is 408 g/mol. The van der Waals surface area contributed by atoms with Crippen LogP contribution in [-0.2, 0) is 4.74 Å². The van der Waals surface area contributed by atoms with Crippen molar-refractivity contribution in [2.45, 2.75) is 78.0 Å². The summed E-state index contributed by atoms with van der Waals surface area (Å²) in [6.45, 7) is 10.6. The SMILES string of the molecule is Cc1cn(-c2ncc(C(=O)N(C3CC3)C3CCN(C(=O)OC(C)(C)C)CC3)cn2)c(C)n1. The highest BCUT2D eigenvalue weighted by atomic mass is 16.6. The Balaban J connectivity index is 1.43. The molecule has 9 heteroatoms. The highest BCUT2D eigenvalue weighted by Gasteiger charge is 2.40. The van der Waals surface area contributed by atoms with E-state index in [1.807, 2.05) is 50.3 Å². The minimum Gasteiger partial charge on any atom is -0.444 e. The number of aryl methyl sites for hydroxylation is 2. The lowest BCUT2D eigenvalue weighted by atomic mass is 10.0. The third kappa shape index (κ3) is 4.92. The summed E-state index contributed by atoms with van der Waals surface area (Å²) in [5, 5.41) is 0. The van der Waals surface area contributed by atoms with E-state index in [0.29, 0.717) is 24.6 Å². The molecule has 0 bridgehead atoms. The van der Waals surface area contributed by atoms with Gasteiger partial charge < -0.3 is 14.5 Å².